The van der Waals surface area contributed by atoms with Crippen LogP contribution in [-0.2, 0) is 44.7 Å². The van der Waals surface area contributed by atoms with Crippen molar-refractivity contribution in [3.05, 3.63) is 237 Å². The monoisotopic (exact) mass is 1550 g/mol. The summed E-state index contributed by atoms with van der Waals surface area (Å²) in [4.78, 5) is 78.9. The van der Waals surface area contributed by atoms with Crippen molar-refractivity contribution < 1.29 is 60.3 Å². The molecule has 6 aromatic rings. The van der Waals surface area contributed by atoms with Gasteiger partial charge in [-0.2, -0.15) is 0 Å². The predicted octanol–water partition coefficient (Wildman–Crippen LogP) is 14.5. The van der Waals surface area contributed by atoms with Crippen LogP contribution in [0.25, 0.3) is 0 Å². The van der Waals surface area contributed by atoms with Gasteiger partial charge in [-0.25, -0.2) is 0 Å². The Kier molecular flexibility index (Phi) is 36.2. The van der Waals surface area contributed by atoms with Gasteiger partial charge in [-0.15, -0.1) is 13.2 Å². The molecule has 0 N–H and O–H groups in total. The zero-order valence-corrected chi connectivity index (χ0v) is 62.6. The Labute approximate surface area is 549 Å². The van der Waals surface area contributed by atoms with E-state index in [0.29, 0.717) is 110 Å². The molecule has 0 heterocycles. The molecule has 0 aromatic heterocycles. The molecular weight excluding hydrogens is 1460 g/mol. The molecule has 0 aliphatic heterocycles. The Morgan fingerprint density at radius 1 is 0.438 bits per heavy atom. The number of unbranched alkanes of at least 4 members (excludes halogenated alkanes) is 2. The van der Waals surface area contributed by atoms with E-state index in [-0.39, 0.29) is 15.2 Å². The second kappa shape index (κ2) is 42.2. The van der Waals surface area contributed by atoms with Crippen molar-refractivity contribution in [3.63, 3.8) is 0 Å². The van der Waals surface area contributed by atoms with Crippen LogP contribution in [0.3, 0.4) is 0 Å². The maximum atomic E-state index is 15.4. The fourth-order valence-corrected chi connectivity index (χ4v) is 32.1. The Morgan fingerprint density at radius 3 is 1.03 bits per heavy atom. The van der Waals surface area contributed by atoms with Crippen LogP contribution in [0.5, 0.6) is 0 Å². The summed E-state index contributed by atoms with van der Waals surface area (Å²) in [5.41, 5.74) is 11.3. The Balaban J connectivity index is 0.000000374. The van der Waals surface area contributed by atoms with E-state index >= 15 is 9.59 Å². The number of carbonyl (C=O) groups excluding carboxylic acids is 6. The molecule has 0 saturated carbocycles. The van der Waals surface area contributed by atoms with Crippen LogP contribution in [0, 0.1) is 41.5 Å². The summed E-state index contributed by atoms with van der Waals surface area (Å²) in [5, 5.41) is 0. The first kappa shape index (κ1) is 76.4. The number of rotatable bonds is 38. The first-order valence-corrected chi connectivity index (χ1v) is 48.0. The van der Waals surface area contributed by atoms with Crippen LogP contribution in [-0.4, -0.2) is 145 Å². The van der Waals surface area contributed by atoms with E-state index in [2.05, 4.69) is 53.0 Å². The molecule has 0 aliphatic rings. The molecular formula is C72H88O13SSn3. The van der Waals surface area contributed by atoms with Gasteiger partial charge in [0.2, 0.25) is 0 Å². The van der Waals surface area contributed by atoms with Gasteiger partial charge >= 0.3 is 516 Å². The van der Waals surface area contributed by atoms with Crippen molar-refractivity contribution in [2.75, 3.05) is 66.1 Å². The van der Waals surface area contributed by atoms with Crippen molar-refractivity contribution >= 4 is 88.0 Å². The van der Waals surface area contributed by atoms with E-state index in [1.165, 1.54) is 0 Å². The topological polar surface area (TPSA) is 175 Å². The van der Waals surface area contributed by atoms with E-state index in [0.717, 1.165) is 81.3 Å². The summed E-state index contributed by atoms with van der Waals surface area (Å²) in [6, 6.07) is 38.5. The summed E-state index contributed by atoms with van der Waals surface area (Å²) >= 11 is -11.5. The summed E-state index contributed by atoms with van der Waals surface area (Å²) in [6.07, 6.45) is 7.04. The van der Waals surface area contributed by atoms with Crippen molar-refractivity contribution in [2.24, 2.45) is 0 Å². The van der Waals surface area contributed by atoms with Crippen LogP contribution in [0.4, 0.5) is 0 Å². The first-order valence-electron chi connectivity index (χ1n) is 30.4. The van der Waals surface area contributed by atoms with Gasteiger partial charge in [0, 0.05) is 0 Å². The second-order valence-electron chi connectivity index (χ2n) is 21.4. The number of carbonyl (C=O) groups is 6. The van der Waals surface area contributed by atoms with Crippen molar-refractivity contribution in [3.8, 4) is 0 Å². The Morgan fingerprint density at radius 2 is 0.730 bits per heavy atom. The average Bonchev–Trinajstić information content (AvgIpc) is 0.939. The van der Waals surface area contributed by atoms with E-state index in [9.17, 15) is 22.3 Å². The molecule has 89 heavy (non-hydrogen) atoms. The number of hydrogen-bond donors (Lipinski definition) is 0. The standard InChI is InChI=1S/2C18H25O4.4C7H5O.2C4H9.O.S.3Sn/c2*1-5-6-20-7-8-21-9-10-22-13-18-15(3)11-14(2)17(12-19)16(18)4;4*8-6-7-4-2-1-3-5-7;2*1-3-4-2;;;;;/h2*5,11H,1,6-10,13H2,2-4H3;4*1-5H;2*1,3-4H2,2H3;;;;;. The summed E-state index contributed by atoms with van der Waals surface area (Å²) < 4.78 is 46.7. The van der Waals surface area contributed by atoms with Gasteiger partial charge in [-0.05, 0) is 0 Å². The van der Waals surface area contributed by atoms with Crippen molar-refractivity contribution in [2.45, 2.75) is 103 Å². The van der Waals surface area contributed by atoms with Crippen LogP contribution >= 0.6 is 9.29 Å². The van der Waals surface area contributed by atoms with Crippen LogP contribution in [0.1, 0.15) is 146 Å². The summed E-state index contributed by atoms with van der Waals surface area (Å²) in [7, 11) is 5.24. The predicted molar refractivity (Wildman–Crippen MR) is 361 cm³/mol. The van der Waals surface area contributed by atoms with Gasteiger partial charge in [0.05, 0.1) is 13.2 Å². The molecule has 472 valence electrons. The molecule has 0 radical (unpaired) electrons. The van der Waals surface area contributed by atoms with Gasteiger partial charge < -0.3 is 0 Å². The van der Waals surface area contributed by atoms with Crippen molar-refractivity contribution in [1.29, 1.82) is 0 Å². The second-order valence-corrected chi connectivity index (χ2v) is 44.7. The number of hydrogen-bond acceptors (Lipinski definition) is 14. The minimum atomic E-state index is -4.37. The fourth-order valence-electron chi connectivity index (χ4n) is 10.2. The molecule has 13 nitrogen and oxygen atoms in total. The van der Waals surface area contributed by atoms with Gasteiger partial charge in [-0.1, -0.05) is 12.2 Å². The minimum absolute atomic E-state index is 0.123. The molecule has 0 amide bonds. The molecule has 0 aliphatic carbocycles. The molecule has 0 atom stereocenters. The van der Waals surface area contributed by atoms with E-state index in [4.69, 9.17) is 37.7 Å². The molecule has 17 heteroatoms. The van der Waals surface area contributed by atoms with Gasteiger partial charge in [0.15, 0.2) is 0 Å². The third-order valence-corrected chi connectivity index (χ3v) is 38.7. The normalized spacial score (nSPS) is 10.9. The maximum absolute atomic E-state index is 15.4. The quantitative estimate of drug-likeness (QED) is 0.0203. The number of benzene rings is 6. The van der Waals surface area contributed by atoms with Gasteiger partial charge in [0.1, 0.15) is 0 Å². The van der Waals surface area contributed by atoms with Crippen LogP contribution in [0.2, 0.25) is 8.87 Å². The SMILES string of the molecule is C=CCOCCOCCOCc1c(C)cc(C)c([C](=O)[Sn]([CH2]CCC)([CH2]CCC)[C](=O)c2c(C)cc(C)c(COCCOCCOCC=C)c2C)c1C.O=[C](c1ccccc1)[Sn](=[O])[C](=O)c1ccccc1.O=[C](c1ccccc1)[Sn](=[S])[C](=O)c1ccccc1. The van der Waals surface area contributed by atoms with Crippen LogP contribution < -0.4 is 0 Å². The Bertz CT molecular complexity index is 2990. The van der Waals surface area contributed by atoms with E-state index in [1.807, 2.05) is 39.8 Å². The van der Waals surface area contributed by atoms with E-state index in [1.54, 1.807) is 121 Å². The first-order chi connectivity index (χ1) is 42.9. The molecule has 0 fully saturated rings. The summed E-state index contributed by atoms with van der Waals surface area (Å²) in [5.74, 6) is 0. The average molecular weight is 1550 g/mol. The number of aryl methyl sites for hydroxylation is 4. The third-order valence-electron chi connectivity index (χ3n) is 14.9. The van der Waals surface area contributed by atoms with Gasteiger partial charge in [-0.3, -0.25) is 0 Å². The number of ether oxygens (including phenoxy) is 6. The molecule has 0 saturated heterocycles. The summed E-state index contributed by atoms with van der Waals surface area (Å²) in [6.45, 7) is 29.4. The van der Waals surface area contributed by atoms with E-state index < -0.39 is 63.5 Å². The Hall–Kier alpha value is -5.00. The molecule has 6 aromatic carbocycles. The third kappa shape index (κ3) is 23.9. The molecule has 0 unspecified atom stereocenters. The molecule has 0 bridgehead atoms. The zero-order chi connectivity index (χ0) is 65.1. The van der Waals surface area contributed by atoms with Gasteiger partial charge in [0.25, 0.3) is 0 Å². The fraction of sp³-hybridized carbons (Fsp3) is 0.361. The molecule has 6 rings (SSSR count). The zero-order valence-electron chi connectivity index (χ0n) is 53.2. The van der Waals surface area contributed by atoms with Crippen LogP contribution in [0.15, 0.2) is 159 Å². The van der Waals surface area contributed by atoms with Crippen molar-refractivity contribution in [1.82, 2.24) is 0 Å². The molecule has 0 spiro atoms.